The van der Waals surface area contributed by atoms with Crippen molar-refractivity contribution in [2.45, 2.75) is 25.5 Å². The SMILES string of the molecule is COc1cccc(C(=O)NCc2nnc(SCC(=O)Nc3nnc(C)s3)n2-c2cccc(C)c2)c1. The van der Waals surface area contributed by atoms with Crippen LogP contribution in [0.4, 0.5) is 5.13 Å². The fourth-order valence-corrected chi connectivity index (χ4v) is 4.57. The van der Waals surface area contributed by atoms with Crippen molar-refractivity contribution in [2.24, 2.45) is 0 Å². The molecule has 10 nitrogen and oxygen atoms in total. The van der Waals surface area contributed by atoms with Gasteiger partial charge in [-0.1, -0.05) is 41.3 Å². The third kappa shape index (κ3) is 6.22. The van der Waals surface area contributed by atoms with Crippen molar-refractivity contribution in [3.05, 3.63) is 70.5 Å². The number of aromatic nitrogens is 5. The van der Waals surface area contributed by atoms with E-state index in [-0.39, 0.29) is 24.1 Å². The minimum Gasteiger partial charge on any atom is -0.497 e. The molecule has 0 aliphatic carbocycles. The highest BCUT2D eigenvalue weighted by Crippen LogP contribution is 2.24. The Hall–Kier alpha value is -3.77. The lowest BCUT2D eigenvalue weighted by Gasteiger charge is -2.12. The van der Waals surface area contributed by atoms with Gasteiger partial charge >= 0.3 is 0 Å². The van der Waals surface area contributed by atoms with E-state index in [1.54, 1.807) is 31.4 Å². The Morgan fingerprint density at radius 3 is 2.63 bits per heavy atom. The van der Waals surface area contributed by atoms with Crippen LogP contribution in [-0.4, -0.2) is 49.6 Å². The summed E-state index contributed by atoms with van der Waals surface area (Å²) in [6, 6.07) is 14.7. The second-order valence-corrected chi connectivity index (χ2v) is 9.58. The molecule has 0 aliphatic heterocycles. The van der Waals surface area contributed by atoms with Gasteiger partial charge in [0.1, 0.15) is 10.8 Å². The zero-order valence-electron chi connectivity index (χ0n) is 19.3. The molecule has 2 heterocycles. The van der Waals surface area contributed by atoms with Crippen LogP contribution in [0.3, 0.4) is 0 Å². The van der Waals surface area contributed by atoms with Crippen molar-refractivity contribution in [1.82, 2.24) is 30.3 Å². The lowest BCUT2D eigenvalue weighted by molar-refractivity contribution is -0.113. The number of anilines is 1. The molecular formula is C23H23N7O3S2. The van der Waals surface area contributed by atoms with Crippen LogP contribution in [0.5, 0.6) is 5.75 Å². The van der Waals surface area contributed by atoms with Crippen molar-refractivity contribution in [1.29, 1.82) is 0 Å². The summed E-state index contributed by atoms with van der Waals surface area (Å²) in [4.78, 5) is 25.1. The zero-order chi connectivity index (χ0) is 24.8. The molecule has 35 heavy (non-hydrogen) atoms. The smallest absolute Gasteiger partial charge is 0.251 e. The van der Waals surface area contributed by atoms with E-state index >= 15 is 0 Å². The van der Waals surface area contributed by atoms with E-state index in [0.29, 0.717) is 27.4 Å². The Balaban J connectivity index is 1.51. The number of aryl methyl sites for hydroxylation is 2. The molecule has 0 aliphatic rings. The minimum atomic E-state index is -0.261. The Bertz CT molecular complexity index is 1350. The van der Waals surface area contributed by atoms with Crippen LogP contribution in [0.25, 0.3) is 5.69 Å². The van der Waals surface area contributed by atoms with Gasteiger partial charge in [0.2, 0.25) is 11.0 Å². The van der Waals surface area contributed by atoms with Crippen LogP contribution in [0.2, 0.25) is 0 Å². The highest BCUT2D eigenvalue weighted by atomic mass is 32.2. The maximum Gasteiger partial charge on any atom is 0.251 e. The number of methoxy groups -OCH3 is 1. The molecule has 0 saturated heterocycles. The van der Waals surface area contributed by atoms with Gasteiger partial charge in [-0.3, -0.25) is 19.5 Å². The number of thioether (sulfide) groups is 1. The van der Waals surface area contributed by atoms with Gasteiger partial charge in [-0.05, 0) is 49.7 Å². The largest absolute Gasteiger partial charge is 0.497 e. The monoisotopic (exact) mass is 509 g/mol. The van der Waals surface area contributed by atoms with Crippen LogP contribution >= 0.6 is 23.1 Å². The van der Waals surface area contributed by atoms with E-state index in [0.717, 1.165) is 16.3 Å². The zero-order valence-corrected chi connectivity index (χ0v) is 20.9. The van der Waals surface area contributed by atoms with Crippen molar-refractivity contribution in [2.75, 3.05) is 18.2 Å². The lowest BCUT2D eigenvalue weighted by atomic mass is 10.2. The van der Waals surface area contributed by atoms with Gasteiger partial charge in [-0.2, -0.15) is 0 Å². The van der Waals surface area contributed by atoms with Crippen LogP contribution in [0, 0.1) is 13.8 Å². The maximum atomic E-state index is 12.7. The molecule has 12 heteroatoms. The fourth-order valence-electron chi connectivity index (χ4n) is 3.19. The molecule has 4 aromatic rings. The van der Waals surface area contributed by atoms with E-state index in [1.807, 2.05) is 42.7 Å². The third-order valence-corrected chi connectivity index (χ3v) is 6.49. The molecule has 2 aromatic carbocycles. The highest BCUT2D eigenvalue weighted by molar-refractivity contribution is 7.99. The molecule has 0 radical (unpaired) electrons. The molecule has 2 N–H and O–H groups in total. The van der Waals surface area contributed by atoms with Crippen LogP contribution in [0.15, 0.2) is 53.7 Å². The first kappa shape index (κ1) is 24.4. The van der Waals surface area contributed by atoms with Crippen molar-refractivity contribution in [3.63, 3.8) is 0 Å². The average Bonchev–Trinajstić information content (AvgIpc) is 3.46. The first-order valence-corrected chi connectivity index (χ1v) is 12.4. The molecule has 2 aromatic heterocycles. The van der Waals surface area contributed by atoms with Crippen LogP contribution in [-0.2, 0) is 11.3 Å². The number of hydrogen-bond acceptors (Lipinski definition) is 9. The van der Waals surface area contributed by atoms with Crippen LogP contribution < -0.4 is 15.4 Å². The number of rotatable bonds is 9. The van der Waals surface area contributed by atoms with E-state index in [9.17, 15) is 9.59 Å². The van der Waals surface area contributed by atoms with Gasteiger partial charge in [-0.25, -0.2) is 0 Å². The quantitative estimate of drug-likeness (QED) is 0.329. The topological polar surface area (TPSA) is 124 Å². The van der Waals surface area contributed by atoms with E-state index in [1.165, 1.54) is 23.1 Å². The summed E-state index contributed by atoms with van der Waals surface area (Å²) < 4.78 is 7.03. The molecule has 0 spiro atoms. The molecule has 0 bridgehead atoms. The fraction of sp³-hybridized carbons (Fsp3) is 0.217. The van der Waals surface area contributed by atoms with E-state index in [4.69, 9.17) is 4.74 Å². The highest BCUT2D eigenvalue weighted by Gasteiger charge is 2.18. The van der Waals surface area contributed by atoms with Crippen molar-refractivity contribution in [3.8, 4) is 11.4 Å². The van der Waals surface area contributed by atoms with Crippen molar-refractivity contribution < 1.29 is 14.3 Å². The first-order chi connectivity index (χ1) is 16.9. The summed E-state index contributed by atoms with van der Waals surface area (Å²) in [7, 11) is 1.55. The van der Waals surface area contributed by atoms with Crippen LogP contribution in [0.1, 0.15) is 26.8 Å². The second-order valence-electron chi connectivity index (χ2n) is 7.45. The average molecular weight is 510 g/mol. The van der Waals surface area contributed by atoms with Crippen molar-refractivity contribution >= 4 is 40.0 Å². The van der Waals surface area contributed by atoms with Gasteiger partial charge in [0.05, 0.1) is 19.4 Å². The minimum absolute atomic E-state index is 0.110. The molecule has 180 valence electrons. The van der Waals surface area contributed by atoms with E-state index in [2.05, 4.69) is 31.0 Å². The Labute approximate surface area is 210 Å². The molecule has 2 amide bonds. The Kier molecular flexibility index (Phi) is 7.73. The maximum absolute atomic E-state index is 12.7. The lowest BCUT2D eigenvalue weighted by Crippen LogP contribution is -2.24. The summed E-state index contributed by atoms with van der Waals surface area (Å²) in [5.74, 6) is 0.760. The summed E-state index contributed by atoms with van der Waals surface area (Å²) >= 11 is 2.55. The summed E-state index contributed by atoms with van der Waals surface area (Å²) in [5, 5.41) is 23.8. The molecular weight excluding hydrogens is 486 g/mol. The number of hydrogen-bond donors (Lipinski definition) is 2. The number of amides is 2. The number of nitrogens with one attached hydrogen (secondary N) is 2. The predicted molar refractivity (Wildman–Crippen MR) is 134 cm³/mol. The Morgan fingerprint density at radius 2 is 1.89 bits per heavy atom. The summed E-state index contributed by atoms with van der Waals surface area (Å²) in [6.45, 7) is 3.96. The number of carbonyl (C=O) groups is 2. The van der Waals surface area contributed by atoms with E-state index < -0.39 is 0 Å². The normalized spacial score (nSPS) is 10.7. The predicted octanol–water partition coefficient (Wildman–Crippen LogP) is 3.41. The first-order valence-electron chi connectivity index (χ1n) is 10.6. The molecule has 0 saturated carbocycles. The second kappa shape index (κ2) is 11.1. The number of benzene rings is 2. The van der Waals surface area contributed by atoms with Gasteiger partial charge < -0.3 is 10.1 Å². The summed E-state index contributed by atoms with van der Waals surface area (Å²) in [5.41, 5.74) is 2.37. The number of carbonyl (C=O) groups excluding carboxylic acids is 2. The van der Waals surface area contributed by atoms with Gasteiger partial charge in [0, 0.05) is 11.3 Å². The number of ether oxygens (including phenoxy) is 1. The standard InChI is InChI=1S/C23H23N7O3S2/c1-14-6-4-8-17(10-14)30-19(12-24-21(32)16-7-5-9-18(11-16)33-3)27-29-23(30)34-13-20(31)25-22-28-26-15(2)35-22/h4-11H,12-13H2,1-3H3,(H,24,32)(H,25,28,31). The Morgan fingerprint density at radius 1 is 1.06 bits per heavy atom. The third-order valence-electron chi connectivity index (χ3n) is 4.80. The molecule has 0 atom stereocenters. The number of nitrogens with zero attached hydrogens (tertiary/aromatic N) is 5. The summed E-state index contributed by atoms with van der Waals surface area (Å²) in [6.07, 6.45) is 0. The van der Waals surface area contributed by atoms with Gasteiger partial charge in [0.15, 0.2) is 11.0 Å². The van der Waals surface area contributed by atoms with Gasteiger partial charge in [0.25, 0.3) is 5.91 Å². The molecule has 4 rings (SSSR count). The molecule has 0 fully saturated rings. The van der Waals surface area contributed by atoms with Gasteiger partial charge in [-0.15, -0.1) is 20.4 Å². The molecule has 0 unspecified atom stereocenters.